The first kappa shape index (κ1) is 13.5. The van der Waals surface area contributed by atoms with E-state index in [4.69, 9.17) is 10.2 Å². The molecule has 0 aliphatic heterocycles. The zero-order chi connectivity index (χ0) is 11.5. The second-order valence-electron chi connectivity index (χ2n) is 3.71. The fraction of sp³-hybridized carbons (Fsp3) is 0.875. The van der Waals surface area contributed by atoms with Crippen molar-refractivity contribution in [2.75, 3.05) is 0 Å². The van der Waals surface area contributed by atoms with Crippen LogP contribution in [-0.2, 0) is 4.79 Å². The van der Waals surface area contributed by atoms with E-state index in [2.05, 4.69) is 0 Å². The van der Waals surface area contributed by atoms with Crippen molar-refractivity contribution in [1.29, 1.82) is 0 Å². The maximum absolute atomic E-state index is 10.1. The molecule has 4 atom stereocenters. The Balaban J connectivity index is 4.46. The smallest absolute Gasteiger partial charge is 0.151 e. The zero-order valence-electron chi connectivity index (χ0n) is 8.03. The third-order valence-electron chi connectivity index (χ3n) is 1.89. The van der Waals surface area contributed by atoms with Gasteiger partial charge in [0, 0.05) is 0 Å². The molecule has 0 aromatic rings. The molecule has 0 bridgehead atoms. The Morgan fingerprint density at radius 3 is 1.79 bits per heavy atom. The Labute approximate surface area is 81.4 Å². The largest absolute Gasteiger partial charge is 0.388 e. The van der Waals surface area contributed by atoms with Gasteiger partial charge in [0.05, 0.1) is 5.60 Å². The van der Waals surface area contributed by atoms with E-state index in [0.717, 1.165) is 0 Å². The van der Waals surface area contributed by atoms with E-state index in [1.165, 1.54) is 13.8 Å². The second kappa shape index (κ2) is 4.81. The maximum Gasteiger partial charge on any atom is 0.151 e. The molecule has 0 fully saturated rings. The van der Waals surface area contributed by atoms with Crippen LogP contribution in [0, 0.1) is 0 Å². The summed E-state index contributed by atoms with van der Waals surface area (Å²) in [6.07, 6.45) is -7.04. The van der Waals surface area contributed by atoms with E-state index < -0.39 is 30.0 Å². The Bertz CT molecular complexity index is 187. The summed E-state index contributed by atoms with van der Waals surface area (Å²) in [5.41, 5.74) is -1.64. The fourth-order valence-corrected chi connectivity index (χ4v) is 0.887. The van der Waals surface area contributed by atoms with Crippen molar-refractivity contribution < 1.29 is 30.3 Å². The van der Waals surface area contributed by atoms with Crippen LogP contribution < -0.4 is 0 Å². The molecule has 5 N–H and O–H groups in total. The number of rotatable bonds is 5. The molecule has 0 saturated carbocycles. The van der Waals surface area contributed by atoms with Crippen LogP contribution in [0.1, 0.15) is 13.8 Å². The molecule has 0 spiro atoms. The molecule has 0 aromatic heterocycles. The monoisotopic (exact) mass is 208 g/mol. The molecule has 0 rings (SSSR count). The van der Waals surface area contributed by atoms with E-state index in [-0.39, 0.29) is 6.29 Å². The third kappa shape index (κ3) is 3.32. The van der Waals surface area contributed by atoms with Gasteiger partial charge >= 0.3 is 0 Å². The lowest BCUT2D eigenvalue weighted by atomic mass is 9.92. The Morgan fingerprint density at radius 1 is 1.07 bits per heavy atom. The van der Waals surface area contributed by atoms with E-state index in [9.17, 15) is 20.1 Å². The van der Waals surface area contributed by atoms with Gasteiger partial charge in [-0.05, 0) is 13.8 Å². The highest BCUT2D eigenvalue weighted by atomic mass is 16.4. The first-order valence-corrected chi connectivity index (χ1v) is 4.11. The van der Waals surface area contributed by atoms with Crippen molar-refractivity contribution in [2.24, 2.45) is 0 Å². The first-order chi connectivity index (χ1) is 6.21. The molecular formula is C8H16O6. The fourth-order valence-electron chi connectivity index (χ4n) is 0.887. The van der Waals surface area contributed by atoms with Gasteiger partial charge < -0.3 is 30.3 Å². The number of carbonyl (C=O) groups excluding carboxylic acids is 1. The quantitative estimate of drug-likeness (QED) is 0.316. The summed E-state index contributed by atoms with van der Waals surface area (Å²) in [4.78, 5) is 10.1. The van der Waals surface area contributed by atoms with Gasteiger partial charge in [0.25, 0.3) is 0 Å². The van der Waals surface area contributed by atoms with Crippen molar-refractivity contribution in [3.8, 4) is 0 Å². The van der Waals surface area contributed by atoms with Gasteiger partial charge in [-0.15, -0.1) is 0 Å². The SMILES string of the molecule is CC(C)(O)[C@@H](O)[C@H](O)[C@H](O)[C@@H](O)C=O. The average molecular weight is 208 g/mol. The van der Waals surface area contributed by atoms with Crippen molar-refractivity contribution in [2.45, 2.75) is 43.9 Å². The molecule has 0 saturated heterocycles. The lowest BCUT2D eigenvalue weighted by Gasteiger charge is -2.31. The van der Waals surface area contributed by atoms with Gasteiger partial charge in [-0.3, -0.25) is 0 Å². The first-order valence-electron chi connectivity index (χ1n) is 4.11. The van der Waals surface area contributed by atoms with Crippen LogP contribution in [0.5, 0.6) is 0 Å². The summed E-state index contributed by atoms with van der Waals surface area (Å²) < 4.78 is 0. The summed E-state index contributed by atoms with van der Waals surface area (Å²) >= 11 is 0. The van der Waals surface area contributed by atoms with Gasteiger partial charge in [-0.1, -0.05) is 0 Å². The normalized spacial score (nSPS) is 21.1. The predicted molar refractivity (Wildman–Crippen MR) is 46.4 cm³/mol. The molecule has 6 heteroatoms. The summed E-state index contributed by atoms with van der Waals surface area (Å²) in [5, 5.41) is 45.8. The van der Waals surface area contributed by atoms with Gasteiger partial charge in [-0.2, -0.15) is 0 Å². The van der Waals surface area contributed by atoms with Crippen LogP contribution in [-0.4, -0.2) is 61.8 Å². The lowest BCUT2D eigenvalue weighted by Crippen LogP contribution is -2.53. The molecule has 0 unspecified atom stereocenters. The topological polar surface area (TPSA) is 118 Å². The van der Waals surface area contributed by atoms with Crippen molar-refractivity contribution in [3.05, 3.63) is 0 Å². The van der Waals surface area contributed by atoms with E-state index in [0.29, 0.717) is 0 Å². The molecule has 0 aromatic carbocycles. The van der Waals surface area contributed by atoms with E-state index >= 15 is 0 Å². The number of aliphatic hydroxyl groups is 5. The molecule has 14 heavy (non-hydrogen) atoms. The lowest BCUT2D eigenvalue weighted by molar-refractivity contribution is -0.160. The van der Waals surface area contributed by atoms with Crippen LogP contribution in [0.3, 0.4) is 0 Å². The third-order valence-corrected chi connectivity index (χ3v) is 1.89. The van der Waals surface area contributed by atoms with Crippen molar-refractivity contribution in [1.82, 2.24) is 0 Å². The predicted octanol–water partition coefficient (Wildman–Crippen LogP) is -2.60. The van der Waals surface area contributed by atoms with Crippen LogP contribution >= 0.6 is 0 Å². The number of aldehydes is 1. The van der Waals surface area contributed by atoms with Crippen LogP contribution in [0.4, 0.5) is 0 Å². The highest BCUT2D eigenvalue weighted by Gasteiger charge is 2.37. The molecule has 84 valence electrons. The summed E-state index contributed by atoms with van der Waals surface area (Å²) in [7, 11) is 0. The Hall–Kier alpha value is -0.530. The number of carbonyl (C=O) groups is 1. The molecule has 0 radical (unpaired) electrons. The Morgan fingerprint density at radius 2 is 1.50 bits per heavy atom. The highest BCUT2D eigenvalue weighted by molar-refractivity contribution is 5.56. The Kier molecular flexibility index (Phi) is 4.63. The standard InChI is InChI=1S/C8H16O6/c1-8(2,14)7(13)6(12)5(11)4(10)3-9/h3-7,10-14H,1-2H3/t4-,5+,6+,7-/m0/s1. The maximum atomic E-state index is 10.1. The van der Waals surface area contributed by atoms with E-state index in [1.807, 2.05) is 0 Å². The molecule has 0 amide bonds. The zero-order valence-corrected chi connectivity index (χ0v) is 8.03. The van der Waals surface area contributed by atoms with Crippen LogP contribution in [0.15, 0.2) is 0 Å². The number of hydrogen-bond acceptors (Lipinski definition) is 6. The van der Waals surface area contributed by atoms with Crippen molar-refractivity contribution in [3.63, 3.8) is 0 Å². The van der Waals surface area contributed by atoms with E-state index in [1.54, 1.807) is 0 Å². The summed E-state index contributed by atoms with van der Waals surface area (Å²) in [6.45, 7) is 2.45. The molecule has 0 heterocycles. The minimum Gasteiger partial charge on any atom is -0.388 e. The van der Waals surface area contributed by atoms with Gasteiger partial charge in [0.15, 0.2) is 6.29 Å². The summed E-state index contributed by atoms with van der Waals surface area (Å²) in [6, 6.07) is 0. The number of aliphatic hydroxyl groups excluding tert-OH is 4. The molecule has 0 aliphatic carbocycles. The number of hydrogen-bond donors (Lipinski definition) is 5. The minimum atomic E-state index is -1.83. The van der Waals surface area contributed by atoms with Crippen molar-refractivity contribution >= 4 is 6.29 Å². The summed E-state index contributed by atoms with van der Waals surface area (Å²) in [5.74, 6) is 0. The average Bonchev–Trinajstić information content (AvgIpc) is 2.11. The molecule has 0 aliphatic rings. The van der Waals surface area contributed by atoms with Crippen LogP contribution in [0.2, 0.25) is 0 Å². The van der Waals surface area contributed by atoms with Gasteiger partial charge in [-0.25, -0.2) is 0 Å². The minimum absolute atomic E-state index is 0.0327. The van der Waals surface area contributed by atoms with Gasteiger partial charge in [0.2, 0.25) is 0 Å². The molecule has 6 nitrogen and oxygen atoms in total. The highest BCUT2D eigenvalue weighted by Crippen LogP contribution is 2.15. The van der Waals surface area contributed by atoms with Crippen LogP contribution in [0.25, 0.3) is 0 Å². The second-order valence-corrected chi connectivity index (χ2v) is 3.71. The molecular weight excluding hydrogens is 192 g/mol. The van der Waals surface area contributed by atoms with Gasteiger partial charge in [0.1, 0.15) is 24.4 Å².